The number of rotatable bonds is 3. The zero-order chi connectivity index (χ0) is 15.6. The zero-order valence-electron chi connectivity index (χ0n) is 12.0. The first kappa shape index (κ1) is 15.7. The molecule has 1 aromatic rings. The van der Waals surface area contributed by atoms with Crippen molar-refractivity contribution in [3.8, 4) is 0 Å². The monoisotopic (exact) mass is 313 g/mol. The van der Waals surface area contributed by atoms with Crippen LogP contribution >= 0.6 is 0 Å². The van der Waals surface area contributed by atoms with Crippen molar-refractivity contribution >= 4 is 21.6 Å². The molecule has 3 N–H and O–H groups in total. The van der Waals surface area contributed by atoms with Gasteiger partial charge in [-0.25, -0.2) is 8.42 Å². The first-order valence-electron chi connectivity index (χ1n) is 6.55. The summed E-state index contributed by atoms with van der Waals surface area (Å²) in [6.07, 6.45) is 0. The summed E-state index contributed by atoms with van der Waals surface area (Å²) in [4.78, 5) is 12.0. The number of nitrogen functional groups attached to an aromatic ring is 1. The highest BCUT2D eigenvalue weighted by atomic mass is 32.2. The van der Waals surface area contributed by atoms with Crippen LogP contribution in [0.25, 0.3) is 0 Å². The summed E-state index contributed by atoms with van der Waals surface area (Å²) >= 11 is 0. The van der Waals surface area contributed by atoms with E-state index in [4.69, 9.17) is 10.5 Å². The minimum Gasteiger partial charge on any atom is -0.399 e. The number of likely N-dealkylation sites (N-methyl/N-ethyl adjacent to an activating group) is 1. The highest BCUT2D eigenvalue weighted by molar-refractivity contribution is 7.89. The number of nitrogens with one attached hydrogen (secondary N) is 1. The molecule has 0 aromatic heterocycles. The average molecular weight is 313 g/mol. The van der Waals surface area contributed by atoms with Crippen LogP contribution in [0.2, 0.25) is 0 Å². The predicted molar refractivity (Wildman–Crippen MR) is 78.2 cm³/mol. The van der Waals surface area contributed by atoms with Crippen LogP contribution in [0.3, 0.4) is 0 Å². The molecule has 0 radical (unpaired) electrons. The fraction of sp³-hybridized carbons (Fsp3) is 0.462. The number of aryl methyl sites for hydroxylation is 1. The maximum atomic E-state index is 12.8. The number of hydrogen-bond donors (Lipinski definition) is 2. The fourth-order valence-electron chi connectivity index (χ4n) is 2.34. The Labute approximate surface area is 124 Å². The van der Waals surface area contributed by atoms with Gasteiger partial charge in [-0.1, -0.05) is 0 Å². The fourth-order valence-corrected chi connectivity index (χ4v) is 4.10. The third-order valence-electron chi connectivity index (χ3n) is 3.41. The molecule has 21 heavy (non-hydrogen) atoms. The van der Waals surface area contributed by atoms with Gasteiger partial charge in [0.05, 0.1) is 18.1 Å². The van der Waals surface area contributed by atoms with E-state index in [1.165, 1.54) is 23.5 Å². The van der Waals surface area contributed by atoms with E-state index in [0.29, 0.717) is 11.3 Å². The van der Waals surface area contributed by atoms with Crippen LogP contribution in [0.1, 0.15) is 5.56 Å². The van der Waals surface area contributed by atoms with Crippen LogP contribution in [0, 0.1) is 6.92 Å². The quantitative estimate of drug-likeness (QED) is 0.747. The van der Waals surface area contributed by atoms with E-state index in [-0.39, 0.29) is 30.6 Å². The molecule has 0 bridgehead atoms. The Hall–Kier alpha value is -1.64. The number of benzene rings is 1. The van der Waals surface area contributed by atoms with E-state index in [0.717, 1.165) is 0 Å². The smallest absolute Gasteiger partial charge is 0.244 e. The maximum absolute atomic E-state index is 12.8. The number of anilines is 1. The molecule has 0 aliphatic carbocycles. The molecule has 1 atom stereocenters. The number of carbonyl (C=O) groups is 1. The van der Waals surface area contributed by atoms with Gasteiger partial charge in [0.25, 0.3) is 0 Å². The molecule has 7 nitrogen and oxygen atoms in total. The van der Waals surface area contributed by atoms with Crippen molar-refractivity contribution in [1.29, 1.82) is 0 Å². The van der Waals surface area contributed by atoms with Gasteiger partial charge in [0.2, 0.25) is 15.9 Å². The second-order valence-corrected chi connectivity index (χ2v) is 6.70. The summed E-state index contributed by atoms with van der Waals surface area (Å²) in [6.45, 7) is 2.14. The summed E-state index contributed by atoms with van der Waals surface area (Å²) in [6, 6.07) is 3.75. The van der Waals surface area contributed by atoms with E-state index in [9.17, 15) is 13.2 Å². The minimum atomic E-state index is -3.78. The Morgan fingerprint density at radius 3 is 2.81 bits per heavy atom. The summed E-state index contributed by atoms with van der Waals surface area (Å²) < 4.78 is 32.0. The van der Waals surface area contributed by atoms with E-state index >= 15 is 0 Å². The van der Waals surface area contributed by atoms with Gasteiger partial charge in [0.15, 0.2) is 0 Å². The lowest BCUT2D eigenvalue weighted by molar-refractivity contribution is -0.128. The molecule has 1 fully saturated rings. The average Bonchev–Trinajstić information content (AvgIpc) is 2.46. The molecular formula is C13H19N3O4S. The van der Waals surface area contributed by atoms with Gasteiger partial charge < -0.3 is 15.8 Å². The number of hydrogen-bond acceptors (Lipinski definition) is 5. The van der Waals surface area contributed by atoms with Crippen LogP contribution in [0.15, 0.2) is 23.1 Å². The Bertz CT molecular complexity index is 645. The molecule has 1 aromatic carbocycles. The summed E-state index contributed by atoms with van der Waals surface area (Å²) in [7, 11) is -2.31. The predicted octanol–water partition coefficient (Wildman–Crippen LogP) is -0.287. The van der Waals surface area contributed by atoms with Gasteiger partial charge in [-0.15, -0.1) is 0 Å². The number of nitrogens with two attached hydrogens (primary N) is 1. The molecule has 1 unspecified atom stereocenters. The van der Waals surface area contributed by atoms with Crippen molar-refractivity contribution in [2.75, 3.05) is 32.5 Å². The lowest BCUT2D eigenvalue weighted by atomic mass is 10.2. The van der Waals surface area contributed by atoms with Crippen LogP contribution in [0.5, 0.6) is 0 Å². The number of carbonyl (C=O) groups excluding carboxylic acids is 1. The van der Waals surface area contributed by atoms with Crippen LogP contribution in [-0.2, 0) is 19.6 Å². The van der Waals surface area contributed by atoms with Gasteiger partial charge in [0, 0.05) is 19.3 Å². The van der Waals surface area contributed by atoms with Gasteiger partial charge in [-0.05, 0) is 30.7 Å². The summed E-state index contributed by atoms with van der Waals surface area (Å²) in [5.74, 6) is -0.383. The van der Waals surface area contributed by atoms with Crippen molar-refractivity contribution in [3.63, 3.8) is 0 Å². The normalized spacial score (nSPS) is 20.2. The number of nitrogens with zero attached hydrogens (tertiary/aromatic N) is 1. The largest absolute Gasteiger partial charge is 0.399 e. The SMILES string of the molecule is CNC(=O)C1COCCN1S(=O)(=O)c1ccc(N)cc1C. The minimum absolute atomic E-state index is 0.0485. The maximum Gasteiger partial charge on any atom is 0.244 e. The Kier molecular flexibility index (Phi) is 4.50. The van der Waals surface area contributed by atoms with E-state index in [1.54, 1.807) is 13.0 Å². The van der Waals surface area contributed by atoms with Crippen molar-refractivity contribution < 1.29 is 17.9 Å². The first-order valence-corrected chi connectivity index (χ1v) is 7.99. The molecule has 0 spiro atoms. The van der Waals surface area contributed by atoms with E-state index in [1.807, 2.05) is 0 Å². The van der Waals surface area contributed by atoms with Gasteiger partial charge in [0.1, 0.15) is 6.04 Å². The lowest BCUT2D eigenvalue weighted by Crippen LogP contribution is -2.55. The Morgan fingerprint density at radius 1 is 1.48 bits per heavy atom. The molecule has 1 amide bonds. The molecule has 1 heterocycles. The second kappa shape index (κ2) is 6.00. The van der Waals surface area contributed by atoms with Crippen molar-refractivity contribution in [3.05, 3.63) is 23.8 Å². The molecule has 1 saturated heterocycles. The molecule has 0 saturated carbocycles. The molecule has 1 aliphatic rings. The zero-order valence-corrected chi connectivity index (χ0v) is 12.8. The van der Waals surface area contributed by atoms with Crippen LogP contribution in [-0.4, -0.2) is 51.5 Å². The molecule has 1 aliphatic heterocycles. The highest BCUT2D eigenvalue weighted by Crippen LogP contribution is 2.25. The number of morpholine rings is 1. The standard InChI is InChI=1S/C13H19N3O4S/c1-9-7-10(14)3-4-12(9)21(18,19)16-5-6-20-8-11(16)13(17)15-2/h3-4,7,11H,5-6,8,14H2,1-2H3,(H,15,17). The number of ether oxygens (including phenoxy) is 1. The van der Waals surface area contributed by atoms with E-state index < -0.39 is 16.1 Å². The first-order chi connectivity index (χ1) is 9.87. The topological polar surface area (TPSA) is 102 Å². The van der Waals surface area contributed by atoms with Crippen molar-refractivity contribution in [2.24, 2.45) is 0 Å². The third kappa shape index (κ3) is 3.02. The molecule has 8 heteroatoms. The van der Waals surface area contributed by atoms with Gasteiger partial charge in [-0.2, -0.15) is 4.31 Å². The molecular weight excluding hydrogens is 294 g/mol. The second-order valence-electron chi connectivity index (χ2n) is 4.85. The number of amides is 1. The van der Waals surface area contributed by atoms with Crippen LogP contribution in [0.4, 0.5) is 5.69 Å². The summed E-state index contributed by atoms with van der Waals surface area (Å²) in [5.41, 5.74) is 6.70. The van der Waals surface area contributed by atoms with Gasteiger partial charge >= 0.3 is 0 Å². The lowest BCUT2D eigenvalue weighted by Gasteiger charge is -2.33. The number of sulfonamides is 1. The Morgan fingerprint density at radius 2 is 2.19 bits per heavy atom. The van der Waals surface area contributed by atoms with Crippen molar-refractivity contribution in [2.45, 2.75) is 17.9 Å². The van der Waals surface area contributed by atoms with Gasteiger partial charge in [-0.3, -0.25) is 4.79 Å². The van der Waals surface area contributed by atoms with Crippen molar-refractivity contribution in [1.82, 2.24) is 9.62 Å². The molecule has 2 rings (SSSR count). The van der Waals surface area contributed by atoms with Crippen LogP contribution < -0.4 is 11.1 Å². The summed E-state index contributed by atoms with van der Waals surface area (Å²) in [5, 5.41) is 2.47. The molecule has 116 valence electrons. The Balaban J connectivity index is 2.43. The highest BCUT2D eigenvalue weighted by Gasteiger charge is 2.38. The third-order valence-corrected chi connectivity index (χ3v) is 5.48. The van der Waals surface area contributed by atoms with E-state index in [2.05, 4.69) is 5.32 Å².